The van der Waals surface area contributed by atoms with Crippen molar-refractivity contribution < 1.29 is 9.18 Å². The Kier molecular flexibility index (Phi) is 3.73. The van der Waals surface area contributed by atoms with E-state index >= 15 is 0 Å². The maximum atomic E-state index is 13.4. The van der Waals surface area contributed by atoms with Crippen molar-refractivity contribution in [2.24, 2.45) is 5.92 Å². The highest BCUT2D eigenvalue weighted by Gasteiger charge is 2.31. The first-order valence-electron chi connectivity index (χ1n) is 7.33. The van der Waals surface area contributed by atoms with Crippen molar-refractivity contribution in [3.8, 4) is 11.3 Å². The van der Waals surface area contributed by atoms with E-state index in [4.69, 9.17) is 0 Å². The number of anilines is 1. The number of hydrogen-bond donors (Lipinski definition) is 2. The third-order valence-corrected chi connectivity index (χ3v) is 3.64. The predicted molar refractivity (Wildman–Crippen MR) is 79.3 cm³/mol. The van der Waals surface area contributed by atoms with E-state index in [2.05, 4.69) is 22.4 Å². The van der Waals surface area contributed by atoms with Crippen molar-refractivity contribution in [3.05, 3.63) is 35.8 Å². The molecule has 1 aliphatic rings. The molecule has 0 radical (unpaired) electrons. The van der Waals surface area contributed by atoms with Crippen molar-refractivity contribution in [1.82, 2.24) is 10.2 Å². The number of H-pyrrole nitrogens is 1. The largest absolute Gasteiger partial charge is 0.322 e. The Morgan fingerprint density at radius 1 is 1.48 bits per heavy atom. The van der Waals surface area contributed by atoms with Gasteiger partial charge in [0.15, 0.2) is 0 Å². The van der Waals surface area contributed by atoms with E-state index < -0.39 is 0 Å². The molecule has 110 valence electrons. The standard InChI is InChI=1S/C16H18FN3O/c1-2-4-13-15(18-16(21)10-7-8-10)14(20-19-13)11-5-3-6-12(17)9-11/h3,5-6,9-10H,2,4,7-8H2,1H3,(H,18,21)(H,19,20). The molecular formula is C16H18FN3O. The summed E-state index contributed by atoms with van der Waals surface area (Å²) in [6, 6.07) is 6.26. The monoisotopic (exact) mass is 287 g/mol. The topological polar surface area (TPSA) is 57.8 Å². The van der Waals surface area contributed by atoms with Gasteiger partial charge in [0.2, 0.25) is 5.91 Å². The highest BCUT2D eigenvalue weighted by atomic mass is 19.1. The molecule has 0 unspecified atom stereocenters. The van der Waals surface area contributed by atoms with E-state index in [1.54, 1.807) is 12.1 Å². The van der Waals surface area contributed by atoms with Crippen molar-refractivity contribution in [2.75, 3.05) is 5.32 Å². The first-order chi connectivity index (χ1) is 10.2. The molecule has 1 amide bonds. The van der Waals surface area contributed by atoms with Crippen LogP contribution >= 0.6 is 0 Å². The summed E-state index contributed by atoms with van der Waals surface area (Å²) in [5.41, 5.74) is 2.86. The fourth-order valence-electron chi connectivity index (χ4n) is 2.36. The number of aromatic nitrogens is 2. The summed E-state index contributed by atoms with van der Waals surface area (Å²) in [5.74, 6) is -0.159. The van der Waals surface area contributed by atoms with Crippen LogP contribution < -0.4 is 5.32 Å². The van der Waals surface area contributed by atoms with Gasteiger partial charge in [-0.3, -0.25) is 9.89 Å². The van der Waals surface area contributed by atoms with Crippen LogP contribution in [0.3, 0.4) is 0 Å². The molecular weight excluding hydrogens is 269 g/mol. The maximum absolute atomic E-state index is 13.4. The van der Waals surface area contributed by atoms with E-state index in [0.717, 1.165) is 31.4 Å². The molecule has 1 heterocycles. The average Bonchev–Trinajstić information content (AvgIpc) is 3.24. The number of hydrogen-bond acceptors (Lipinski definition) is 2. The van der Waals surface area contributed by atoms with Crippen LogP contribution in [0.2, 0.25) is 0 Å². The molecule has 1 aromatic heterocycles. The number of aryl methyl sites for hydroxylation is 1. The summed E-state index contributed by atoms with van der Waals surface area (Å²) in [4.78, 5) is 12.1. The first kappa shape index (κ1) is 13.8. The minimum atomic E-state index is -0.313. The minimum Gasteiger partial charge on any atom is -0.322 e. The zero-order chi connectivity index (χ0) is 14.8. The molecule has 21 heavy (non-hydrogen) atoms. The molecule has 2 N–H and O–H groups in total. The lowest BCUT2D eigenvalue weighted by molar-refractivity contribution is -0.117. The Labute approximate surface area is 122 Å². The van der Waals surface area contributed by atoms with Crippen LogP contribution in [0.1, 0.15) is 31.9 Å². The summed E-state index contributed by atoms with van der Waals surface area (Å²) < 4.78 is 13.4. The van der Waals surface area contributed by atoms with Crippen LogP contribution in [-0.2, 0) is 11.2 Å². The number of carbonyl (C=O) groups excluding carboxylic acids is 1. The molecule has 0 aliphatic heterocycles. The highest BCUT2D eigenvalue weighted by molar-refractivity contribution is 5.98. The molecule has 0 spiro atoms. The second-order valence-electron chi connectivity index (χ2n) is 5.45. The lowest BCUT2D eigenvalue weighted by Crippen LogP contribution is -2.14. The Morgan fingerprint density at radius 3 is 2.95 bits per heavy atom. The van der Waals surface area contributed by atoms with Gasteiger partial charge in [0, 0.05) is 11.5 Å². The quantitative estimate of drug-likeness (QED) is 0.884. The Bertz CT molecular complexity index is 661. The Hall–Kier alpha value is -2.17. The average molecular weight is 287 g/mol. The summed E-state index contributed by atoms with van der Waals surface area (Å²) >= 11 is 0. The molecule has 0 bridgehead atoms. The first-order valence-corrected chi connectivity index (χ1v) is 7.33. The van der Waals surface area contributed by atoms with Gasteiger partial charge in [-0.05, 0) is 31.4 Å². The van der Waals surface area contributed by atoms with Gasteiger partial charge >= 0.3 is 0 Å². The molecule has 1 fully saturated rings. The third-order valence-electron chi connectivity index (χ3n) is 3.64. The van der Waals surface area contributed by atoms with Gasteiger partial charge in [0.05, 0.1) is 11.4 Å². The number of amides is 1. The minimum absolute atomic E-state index is 0.0337. The highest BCUT2D eigenvalue weighted by Crippen LogP contribution is 2.34. The summed E-state index contributed by atoms with van der Waals surface area (Å²) in [6.07, 6.45) is 3.63. The molecule has 1 aliphatic carbocycles. The van der Waals surface area contributed by atoms with Crippen LogP contribution in [-0.4, -0.2) is 16.1 Å². The molecule has 3 rings (SSSR count). The van der Waals surface area contributed by atoms with Crippen molar-refractivity contribution in [2.45, 2.75) is 32.6 Å². The molecule has 0 saturated heterocycles. The number of carbonyl (C=O) groups is 1. The number of nitrogens with zero attached hydrogens (tertiary/aromatic N) is 1. The molecule has 5 heteroatoms. The maximum Gasteiger partial charge on any atom is 0.227 e. The van der Waals surface area contributed by atoms with Crippen molar-refractivity contribution >= 4 is 11.6 Å². The fourth-order valence-corrected chi connectivity index (χ4v) is 2.36. The Morgan fingerprint density at radius 2 is 2.29 bits per heavy atom. The van der Waals surface area contributed by atoms with E-state index in [1.165, 1.54) is 12.1 Å². The fraction of sp³-hybridized carbons (Fsp3) is 0.375. The normalized spacial score (nSPS) is 14.2. The lowest BCUT2D eigenvalue weighted by Gasteiger charge is -2.08. The number of benzene rings is 1. The van der Waals surface area contributed by atoms with Crippen LogP contribution in [0.5, 0.6) is 0 Å². The summed E-state index contributed by atoms with van der Waals surface area (Å²) in [5, 5.41) is 10.2. The summed E-state index contributed by atoms with van der Waals surface area (Å²) in [7, 11) is 0. The van der Waals surface area contributed by atoms with Crippen molar-refractivity contribution in [3.63, 3.8) is 0 Å². The number of nitrogens with one attached hydrogen (secondary N) is 2. The van der Waals surface area contributed by atoms with Gasteiger partial charge in [0.25, 0.3) is 0 Å². The van der Waals surface area contributed by atoms with E-state index in [9.17, 15) is 9.18 Å². The zero-order valence-electron chi connectivity index (χ0n) is 11.9. The van der Waals surface area contributed by atoms with E-state index in [-0.39, 0.29) is 17.6 Å². The van der Waals surface area contributed by atoms with Crippen LogP contribution in [0.15, 0.2) is 24.3 Å². The smallest absolute Gasteiger partial charge is 0.227 e. The molecule has 1 aromatic carbocycles. The third kappa shape index (κ3) is 2.96. The van der Waals surface area contributed by atoms with Crippen molar-refractivity contribution in [1.29, 1.82) is 0 Å². The molecule has 4 nitrogen and oxygen atoms in total. The van der Waals surface area contributed by atoms with Gasteiger partial charge in [-0.15, -0.1) is 0 Å². The number of rotatable bonds is 5. The van der Waals surface area contributed by atoms with Gasteiger partial charge in [-0.2, -0.15) is 5.10 Å². The zero-order valence-corrected chi connectivity index (χ0v) is 11.9. The number of halogens is 1. The second kappa shape index (κ2) is 5.68. The van der Waals surface area contributed by atoms with Gasteiger partial charge in [-0.1, -0.05) is 25.5 Å². The lowest BCUT2D eigenvalue weighted by atomic mass is 10.1. The second-order valence-corrected chi connectivity index (χ2v) is 5.45. The van der Waals surface area contributed by atoms with Gasteiger partial charge in [-0.25, -0.2) is 4.39 Å². The number of aromatic amines is 1. The summed E-state index contributed by atoms with van der Waals surface area (Å²) in [6.45, 7) is 2.06. The van der Waals surface area contributed by atoms with Crippen LogP contribution in [0.4, 0.5) is 10.1 Å². The molecule has 1 saturated carbocycles. The Balaban J connectivity index is 1.97. The molecule has 0 atom stereocenters. The van der Waals surface area contributed by atoms with Gasteiger partial charge in [0.1, 0.15) is 11.5 Å². The predicted octanol–water partition coefficient (Wildman–Crippen LogP) is 3.52. The van der Waals surface area contributed by atoms with Gasteiger partial charge < -0.3 is 5.32 Å². The SMILES string of the molecule is CCCc1[nH]nc(-c2cccc(F)c2)c1NC(=O)C1CC1. The van der Waals surface area contributed by atoms with E-state index in [0.29, 0.717) is 16.9 Å². The van der Waals surface area contributed by atoms with E-state index in [1.807, 2.05) is 0 Å². The molecule has 2 aromatic rings. The van der Waals surface area contributed by atoms with Crippen LogP contribution in [0.25, 0.3) is 11.3 Å². The van der Waals surface area contributed by atoms with Crippen LogP contribution in [0, 0.1) is 11.7 Å².